The number of carbonyl (C=O) groups excluding carboxylic acids is 2. The second-order valence-electron chi connectivity index (χ2n) is 5.96. The van der Waals surface area contributed by atoms with Crippen LogP contribution in [0.5, 0.6) is 0 Å². The largest absolute Gasteiger partial charge is 0.465 e. The molecule has 2 aromatic carbocycles. The molecule has 1 atom stereocenters. The van der Waals surface area contributed by atoms with Gasteiger partial charge in [-0.1, -0.05) is 36.4 Å². The van der Waals surface area contributed by atoms with E-state index in [1.807, 2.05) is 35.0 Å². The number of ether oxygens (including phenoxy) is 1. The maximum atomic E-state index is 12.4. The highest BCUT2D eigenvalue weighted by molar-refractivity contribution is 7.10. The van der Waals surface area contributed by atoms with Crippen molar-refractivity contribution in [3.05, 3.63) is 88.1 Å². The maximum Gasteiger partial charge on any atom is 0.337 e. The predicted molar refractivity (Wildman–Crippen MR) is 106 cm³/mol. The highest BCUT2D eigenvalue weighted by Crippen LogP contribution is 2.22. The Labute approximate surface area is 162 Å². The number of methoxy groups -OCH3 is 1. The summed E-state index contributed by atoms with van der Waals surface area (Å²) in [6.45, 7) is 0.288. The Hall–Kier alpha value is -2.96. The molecule has 0 unspecified atom stereocenters. The van der Waals surface area contributed by atoms with E-state index in [0.717, 1.165) is 5.56 Å². The molecule has 0 bridgehead atoms. The second kappa shape index (κ2) is 9.12. The van der Waals surface area contributed by atoms with E-state index in [0.29, 0.717) is 11.3 Å². The van der Waals surface area contributed by atoms with Gasteiger partial charge in [-0.15, -0.1) is 11.3 Å². The maximum absolute atomic E-state index is 12.4. The quantitative estimate of drug-likeness (QED) is 0.618. The summed E-state index contributed by atoms with van der Waals surface area (Å²) >= 11 is 1.68. The predicted octanol–water partition coefficient (Wildman–Crippen LogP) is 2.83. The molecule has 0 radical (unpaired) electrons. The van der Waals surface area contributed by atoms with Crippen molar-refractivity contribution in [2.75, 3.05) is 19.0 Å². The number of anilines is 1. The molecule has 5 nitrogen and oxygen atoms in total. The van der Waals surface area contributed by atoms with Gasteiger partial charge in [0.1, 0.15) is 6.04 Å². The summed E-state index contributed by atoms with van der Waals surface area (Å²) in [5, 5.41) is 6.93. The van der Waals surface area contributed by atoms with Crippen molar-refractivity contribution in [3.8, 4) is 0 Å². The lowest BCUT2D eigenvalue weighted by Crippen LogP contribution is -2.87. The molecule has 0 aliphatic carbocycles. The molecule has 1 aromatic heterocycles. The summed E-state index contributed by atoms with van der Waals surface area (Å²) in [7, 11) is 1.34. The monoisotopic (exact) mass is 381 g/mol. The van der Waals surface area contributed by atoms with Crippen LogP contribution in [0, 0.1) is 0 Å². The van der Waals surface area contributed by atoms with Crippen molar-refractivity contribution in [3.63, 3.8) is 0 Å². The Bertz CT molecular complexity index is 878. The van der Waals surface area contributed by atoms with Crippen molar-refractivity contribution >= 4 is 28.9 Å². The molecule has 1 heterocycles. The lowest BCUT2D eigenvalue weighted by Gasteiger charge is -2.14. The number of carbonyl (C=O) groups is 2. The first-order chi connectivity index (χ1) is 13.2. The van der Waals surface area contributed by atoms with Crippen molar-refractivity contribution in [1.29, 1.82) is 0 Å². The molecule has 1 amide bonds. The number of nitrogens with two attached hydrogens (primary N) is 1. The highest BCUT2D eigenvalue weighted by Gasteiger charge is 2.19. The van der Waals surface area contributed by atoms with Crippen LogP contribution in [-0.2, 0) is 9.53 Å². The van der Waals surface area contributed by atoms with Gasteiger partial charge >= 0.3 is 5.97 Å². The van der Waals surface area contributed by atoms with Crippen molar-refractivity contribution < 1.29 is 19.6 Å². The van der Waals surface area contributed by atoms with Crippen molar-refractivity contribution in [1.82, 2.24) is 0 Å². The first-order valence-corrected chi connectivity index (χ1v) is 9.45. The van der Waals surface area contributed by atoms with Crippen LogP contribution < -0.4 is 10.6 Å². The third-order valence-corrected chi connectivity index (χ3v) is 5.09. The number of nitrogens with one attached hydrogen (secondary N) is 1. The zero-order valence-electron chi connectivity index (χ0n) is 14.9. The molecule has 0 saturated carbocycles. The standard InChI is InChI=1S/C21H20N2O3S/c1-26-21(25)16-9-11-17(12-10-16)23-19(24)14-22-20(18-8-5-13-27-18)15-6-3-2-4-7-15/h2-13,20,22H,14H2,1H3,(H,23,24)/p+1/t20-/m1/s1. The van der Waals surface area contributed by atoms with Gasteiger partial charge in [-0.05, 0) is 35.7 Å². The van der Waals surface area contributed by atoms with E-state index in [1.54, 1.807) is 35.6 Å². The number of hydrogen-bond acceptors (Lipinski definition) is 4. The van der Waals surface area contributed by atoms with Gasteiger partial charge in [-0.3, -0.25) is 4.79 Å². The molecule has 0 aliphatic rings. The third-order valence-electron chi connectivity index (χ3n) is 4.14. The average Bonchev–Trinajstić information content (AvgIpc) is 3.23. The van der Waals surface area contributed by atoms with E-state index >= 15 is 0 Å². The molecular formula is C21H21N2O3S+. The fraction of sp³-hybridized carbons (Fsp3) is 0.143. The summed E-state index contributed by atoms with van der Waals surface area (Å²) in [4.78, 5) is 25.0. The zero-order chi connectivity index (χ0) is 19.1. The number of benzene rings is 2. The van der Waals surface area contributed by atoms with Crippen molar-refractivity contribution in [2.24, 2.45) is 0 Å². The van der Waals surface area contributed by atoms with E-state index in [9.17, 15) is 9.59 Å². The zero-order valence-corrected chi connectivity index (χ0v) is 15.7. The number of rotatable bonds is 7. The van der Waals surface area contributed by atoms with Gasteiger partial charge in [0.05, 0.1) is 17.6 Å². The normalized spacial score (nSPS) is 11.6. The topological polar surface area (TPSA) is 72.0 Å². The van der Waals surface area contributed by atoms with Crippen molar-refractivity contribution in [2.45, 2.75) is 6.04 Å². The van der Waals surface area contributed by atoms with E-state index in [4.69, 9.17) is 0 Å². The summed E-state index contributed by atoms with van der Waals surface area (Å²) < 4.78 is 4.67. The van der Waals surface area contributed by atoms with Crippen LogP contribution in [-0.4, -0.2) is 25.5 Å². The number of hydrogen-bond donors (Lipinski definition) is 2. The molecular weight excluding hydrogens is 360 g/mol. The van der Waals surface area contributed by atoms with Gasteiger partial charge in [0, 0.05) is 11.3 Å². The van der Waals surface area contributed by atoms with Gasteiger partial charge in [-0.2, -0.15) is 0 Å². The van der Waals surface area contributed by atoms with Gasteiger partial charge < -0.3 is 15.4 Å². The fourth-order valence-electron chi connectivity index (χ4n) is 2.79. The molecule has 0 spiro atoms. The summed E-state index contributed by atoms with van der Waals surface area (Å²) in [6.07, 6.45) is 0. The average molecular weight is 381 g/mol. The van der Waals surface area contributed by atoms with Crippen LogP contribution in [0.25, 0.3) is 0 Å². The lowest BCUT2D eigenvalue weighted by molar-refractivity contribution is -0.675. The Morgan fingerprint density at radius 2 is 1.78 bits per heavy atom. The Morgan fingerprint density at radius 1 is 1.04 bits per heavy atom. The second-order valence-corrected chi connectivity index (χ2v) is 6.94. The van der Waals surface area contributed by atoms with E-state index in [-0.39, 0.29) is 18.5 Å². The third kappa shape index (κ3) is 5.03. The van der Waals surface area contributed by atoms with Gasteiger partial charge in [0.25, 0.3) is 5.91 Å². The minimum atomic E-state index is -0.400. The minimum absolute atomic E-state index is 0.0821. The van der Waals surface area contributed by atoms with Crippen LogP contribution in [0.15, 0.2) is 72.1 Å². The molecule has 0 fully saturated rings. The molecule has 27 heavy (non-hydrogen) atoms. The summed E-state index contributed by atoms with van der Waals surface area (Å²) in [5.41, 5.74) is 2.26. The van der Waals surface area contributed by atoms with Gasteiger partial charge in [-0.25, -0.2) is 4.79 Å². The van der Waals surface area contributed by atoms with E-state index in [2.05, 4.69) is 28.3 Å². The first kappa shape index (κ1) is 18.8. The number of amides is 1. The van der Waals surface area contributed by atoms with E-state index < -0.39 is 5.97 Å². The Morgan fingerprint density at radius 3 is 2.41 bits per heavy atom. The molecule has 3 N–H and O–H groups in total. The summed E-state index contributed by atoms with van der Waals surface area (Å²) in [6, 6.07) is 21.0. The number of thiophene rings is 1. The molecule has 138 valence electrons. The van der Waals surface area contributed by atoms with Crippen LogP contribution in [0.4, 0.5) is 5.69 Å². The molecule has 0 saturated heterocycles. The Kier molecular flexibility index (Phi) is 6.35. The van der Waals surface area contributed by atoms with Crippen LogP contribution in [0.1, 0.15) is 26.8 Å². The smallest absolute Gasteiger partial charge is 0.337 e. The molecule has 0 aliphatic heterocycles. The fourth-order valence-corrected chi connectivity index (χ4v) is 3.64. The molecule has 3 rings (SSSR count). The first-order valence-electron chi connectivity index (χ1n) is 8.57. The van der Waals surface area contributed by atoms with Crippen LogP contribution in [0.3, 0.4) is 0 Å². The number of quaternary nitrogens is 1. The molecule has 3 aromatic rings. The van der Waals surface area contributed by atoms with Crippen LogP contribution in [0.2, 0.25) is 0 Å². The van der Waals surface area contributed by atoms with Crippen LogP contribution >= 0.6 is 11.3 Å². The Balaban J connectivity index is 1.62. The van der Waals surface area contributed by atoms with E-state index in [1.165, 1.54) is 12.0 Å². The highest BCUT2D eigenvalue weighted by atomic mass is 32.1. The number of esters is 1. The lowest BCUT2D eigenvalue weighted by atomic mass is 10.1. The minimum Gasteiger partial charge on any atom is -0.465 e. The van der Waals surface area contributed by atoms with Gasteiger partial charge in [0.15, 0.2) is 6.54 Å². The van der Waals surface area contributed by atoms with Gasteiger partial charge in [0.2, 0.25) is 0 Å². The SMILES string of the molecule is COC(=O)c1ccc(NC(=O)C[NH2+][C@H](c2ccccc2)c2cccs2)cc1. The molecule has 6 heteroatoms. The summed E-state index contributed by atoms with van der Waals surface area (Å²) in [5.74, 6) is -0.499.